The summed E-state index contributed by atoms with van der Waals surface area (Å²) >= 11 is 0. The van der Waals surface area contributed by atoms with E-state index in [1.54, 1.807) is 0 Å². The van der Waals surface area contributed by atoms with E-state index >= 15 is 0 Å². The summed E-state index contributed by atoms with van der Waals surface area (Å²) in [7, 11) is 0. The second-order valence-electron chi connectivity index (χ2n) is 7.03. The Morgan fingerprint density at radius 2 is 1.63 bits per heavy atom. The molecule has 2 aromatic carbocycles. The fraction of sp³-hybridized carbons (Fsp3) is 0.190. The lowest BCUT2D eigenvalue weighted by atomic mass is 10.1. The number of anilines is 2. The quantitative estimate of drug-likeness (QED) is 0.697. The smallest absolute Gasteiger partial charge is 0.271 e. The van der Waals surface area contributed by atoms with E-state index in [0.29, 0.717) is 11.6 Å². The van der Waals surface area contributed by atoms with Gasteiger partial charge >= 0.3 is 0 Å². The molecule has 0 aliphatic heterocycles. The lowest BCUT2D eigenvalue weighted by Gasteiger charge is -2.20. The van der Waals surface area contributed by atoms with Gasteiger partial charge in [0.25, 0.3) is 5.91 Å². The molecule has 1 amide bonds. The molecule has 6 nitrogen and oxygen atoms in total. The molecule has 138 valence electrons. The number of carbonyl (C=O) groups is 1. The van der Waals surface area contributed by atoms with Crippen LogP contribution in [0.5, 0.6) is 11.5 Å². The standard InChI is InChI=1S/C21H22N4O2/c1-21(2,3)25-20(26)17-13-23-19(14-22-17)24-16-11-7-8-12-18(16)27-15-9-5-4-6-10-15/h4-14H,1-3H3,(H,23,24)(H,25,26). The van der Waals surface area contributed by atoms with Gasteiger partial charge in [0.2, 0.25) is 0 Å². The van der Waals surface area contributed by atoms with E-state index in [1.807, 2.05) is 75.4 Å². The van der Waals surface area contributed by atoms with E-state index < -0.39 is 0 Å². The number of nitrogens with zero attached hydrogens (tertiary/aromatic N) is 2. The zero-order valence-corrected chi connectivity index (χ0v) is 15.6. The Kier molecular flexibility index (Phi) is 5.35. The van der Waals surface area contributed by atoms with Crippen LogP contribution in [0.4, 0.5) is 11.5 Å². The number of para-hydroxylation sites is 3. The highest BCUT2D eigenvalue weighted by molar-refractivity contribution is 5.92. The summed E-state index contributed by atoms with van der Waals surface area (Å²) < 4.78 is 5.92. The van der Waals surface area contributed by atoms with Crippen LogP contribution in [0, 0.1) is 0 Å². The normalized spacial score (nSPS) is 10.9. The maximum absolute atomic E-state index is 12.1. The first-order chi connectivity index (χ1) is 12.9. The van der Waals surface area contributed by atoms with Crippen molar-refractivity contribution >= 4 is 17.4 Å². The van der Waals surface area contributed by atoms with Crippen molar-refractivity contribution in [3.63, 3.8) is 0 Å². The Balaban J connectivity index is 1.73. The molecule has 1 aromatic heterocycles. The molecule has 3 rings (SSSR count). The number of rotatable bonds is 5. The Morgan fingerprint density at radius 1 is 0.926 bits per heavy atom. The number of hydrogen-bond acceptors (Lipinski definition) is 5. The molecule has 0 fully saturated rings. The molecule has 6 heteroatoms. The summed E-state index contributed by atoms with van der Waals surface area (Å²) in [4.78, 5) is 20.6. The van der Waals surface area contributed by atoms with Crippen molar-refractivity contribution in [2.24, 2.45) is 0 Å². The van der Waals surface area contributed by atoms with Gasteiger partial charge in [0.05, 0.1) is 18.1 Å². The van der Waals surface area contributed by atoms with Gasteiger partial charge in [0.15, 0.2) is 5.75 Å². The molecule has 0 aliphatic rings. The number of aromatic nitrogens is 2. The minimum absolute atomic E-state index is 0.255. The topological polar surface area (TPSA) is 76.1 Å². The summed E-state index contributed by atoms with van der Waals surface area (Å²) in [5.41, 5.74) is 0.690. The van der Waals surface area contributed by atoms with E-state index in [0.717, 1.165) is 11.4 Å². The first kappa shape index (κ1) is 18.4. The Hall–Kier alpha value is -3.41. The molecule has 27 heavy (non-hydrogen) atoms. The fourth-order valence-corrected chi connectivity index (χ4v) is 2.33. The monoisotopic (exact) mass is 362 g/mol. The summed E-state index contributed by atoms with van der Waals surface area (Å²) in [6.45, 7) is 5.74. The van der Waals surface area contributed by atoms with E-state index in [1.165, 1.54) is 12.4 Å². The molecule has 0 aliphatic carbocycles. The number of hydrogen-bond donors (Lipinski definition) is 2. The second-order valence-corrected chi connectivity index (χ2v) is 7.03. The second kappa shape index (κ2) is 7.86. The van der Waals surface area contributed by atoms with Crippen molar-refractivity contribution < 1.29 is 9.53 Å². The number of carbonyl (C=O) groups excluding carboxylic acids is 1. The summed E-state index contributed by atoms with van der Waals surface area (Å²) in [6.07, 6.45) is 2.97. The molecule has 0 saturated heterocycles. The van der Waals surface area contributed by atoms with E-state index in [2.05, 4.69) is 20.6 Å². The molecular weight excluding hydrogens is 340 g/mol. The van der Waals surface area contributed by atoms with Crippen molar-refractivity contribution in [2.45, 2.75) is 26.3 Å². The highest BCUT2D eigenvalue weighted by Gasteiger charge is 2.16. The Morgan fingerprint density at radius 3 is 2.30 bits per heavy atom. The molecule has 0 bridgehead atoms. The summed E-state index contributed by atoms with van der Waals surface area (Å²) in [5, 5.41) is 6.04. The highest BCUT2D eigenvalue weighted by Crippen LogP contribution is 2.30. The molecule has 0 spiro atoms. The lowest BCUT2D eigenvalue weighted by Crippen LogP contribution is -2.40. The molecule has 0 atom stereocenters. The number of amides is 1. The van der Waals surface area contributed by atoms with Crippen molar-refractivity contribution in [1.82, 2.24) is 15.3 Å². The van der Waals surface area contributed by atoms with Crippen LogP contribution in [0.25, 0.3) is 0 Å². The fourth-order valence-electron chi connectivity index (χ4n) is 2.33. The Labute approximate surface area is 158 Å². The molecule has 0 radical (unpaired) electrons. The summed E-state index contributed by atoms with van der Waals surface area (Å²) in [6, 6.07) is 17.1. The molecule has 1 heterocycles. The van der Waals surface area contributed by atoms with Crippen molar-refractivity contribution in [1.29, 1.82) is 0 Å². The van der Waals surface area contributed by atoms with Crippen LogP contribution in [-0.2, 0) is 0 Å². The minimum atomic E-state index is -0.330. The minimum Gasteiger partial charge on any atom is -0.455 e. The lowest BCUT2D eigenvalue weighted by molar-refractivity contribution is 0.0914. The van der Waals surface area contributed by atoms with Crippen LogP contribution in [-0.4, -0.2) is 21.4 Å². The first-order valence-electron chi connectivity index (χ1n) is 8.64. The van der Waals surface area contributed by atoms with Gasteiger partial charge in [-0.15, -0.1) is 0 Å². The van der Waals surface area contributed by atoms with Gasteiger partial charge in [-0.3, -0.25) is 4.79 Å². The van der Waals surface area contributed by atoms with Crippen LogP contribution < -0.4 is 15.4 Å². The maximum atomic E-state index is 12.1. The van der Waals surface area contributed by atoms with Gasteiger partial charge in [-0.05, 0) is 45.0 Å². The predicted molar refractivity (Wildman–Crippen MR) is 105 cm³/mol. The largest absolute Gasteiger partial charge is 0.455 e. The zero-order valence-electron chi connectivity index (χ0n) is 15.6. The van der Waals surface area contributed by atoms with Crippen LogP contribution in [0.15, 0.2) is 67.0 Å². The van der Waals surface area contributed by atoms with Crippen molar-refractivity contribution in [3.8, 4) is 11.5 Å². The average Bonchev–Trinajstić information content (AvgIpc) is 2.63. The number of ether oxygens (including phenoxy) is 1. The predicted octanol–water partition coefficient (Wildman–Crippen LogP) is 4.54. The van der Waals surface area contributed by atoms with Crippen LogP contribution in [0.1, 0.15) is 31.3 Å². The van der Waals surface area contributed by atoms with E-state index in [-0.39, 0.29) is 17.1 Å². The zero-order chi connectivity index (χ0) is 19.3. The first-order valence-corrected chi connectivity index (χ1v) is 8.64. The third-order valence-corrected chi connectivity index (χ3v) is 3.49. The van der Waals surface area contributed by atoms with Gasteiger partial charge in [-0.1, -0.05) is 30.3 Å². The number of benzene rings is 2. The van der Waals surface area contributed by atoms with Crippen molar-refractivity contribution in [2.75, 3.05) is 5.32 Å². The van der Waals surface area contributed by atoms with E-state index in [9.17, 15) is 4.79 Å². The molecule has 0 unspecified atom stereocenters. The maximum Gasteiger partial charge on any atom is 0.271 e. The molecule has 2 N–H and O–H groups in total. The summed E-state index contributed by atoms with van der Waals surface area (Å²) in [5.74, 6) is 1.67. The van der Waals surface area contributed by atoms with E-state index in [4.69, 9.17) is 4.74 Å². The highest BCUT2D eigenvalue weighted by atomic mass is 16.5. The van der Waals surface area contributed by atoms with Crippen LogP contribution >= 0.6 is 0 Å². The SMILES string of the molecule is CC(C)(C)NC(=O)c1cnc(Nc2ccccc2Oc2ccccc2)cn1. The number of nitrogens with one attached hydrogen (secondary N) is 2. The molecular formula is C21H22N4O2. The van der Waals surface area contributed by atoms with Crippen LogP contribution in [0.3, 0.4) is 0 Å². The Bertz CT molecular complexity index is 903. The van der Waals surface area contributed by atoms with Gasteiger partial charge in [0, 0.05) is 5.54 Å². The van der Waals surface area contributed by atoms with Gasteiger partial charge in [-0.25, -0.2) is 9.97 Å². The third kappa shape index (κ3) is 5.28. The van der Waals surface area contributed by atoms with Gasteiger partial charge in [0.1, 0.15) is 17.3 Å². The van der Waals surface area contributed by atoms with Crippen molar-refractivity contribution in [3.05, 3.63) is 72.7 Å². The molecule has 0 saturated carbocycles. The third-order valence-electron chi connectivity index (χ3n) is 3.49. The molecule has 3 aromatic rings. The average molecular weight is 362 g/mol. The van der Waals surface area contributed by atoms with Gasteiger partial charge in [-0.2, -0.15) is 0 Å². The van der Waals surface area contributed by atoms with Crippen LogP contribution in [0.2, 0.25) is 0 Å². The van der Waals surface area contributed by atoms with Gasteiger partial charge < -0.3 is 15.4 Å².